The summed E-state index contributed by atoms with van der Waals surface area (Å²) in [7, 11) is 0. The zero-order chi connectivity index (χ0) is 18.1. The monoisotopic (exact) mass is 353 g/mol. The van der Waals surface area contributed by atoms with Gasteiger partial charge in [0.25, 0.3) is 0 Å². The molecule has 2 fully saturated rings. The molecule has 0 aromatic carbocycles. The van der Waals surface area contributed by atoms with E-state index >= 15 is 0 Å². The molecule has 0 unspecified atom stereocenters. The maximum atomic E-state index is 11.9. The first-order valence-corrected chi connectivity index (χ1v) is 7.87. The van der Waals surface area contributed by atoms with Gasteiger partial charge >= 0.3 is 0 Å². The number of nitrogens with two attached hydrogens (primary N) is 2. The molecule has 0 aromatic heterocycles. The number of aliphatic imine (C=N–C) groups is 2. The Morgan fingerprint density at radius 2 is 1.84 bits per heavy atom. The predicted octanol–water partition coefficient (Wildman–Crippen LogP) is -4.83. The van der Waals surface area contributed by atoms with Gasteiger partial charge < -0.3 is 37.0 Å². The number of carbonyl (C=O) groups excluding carboxylic acids is 2. The third-order valence-electron chi connectivity index (χ3n) is 5.30. The number of carbonyl (C=O) groups is 2. The molecule has 2 amide bonds. The number of nitrogens with zero attached hydrogens (tertiary/aromatic N) is 4. The van der Waals surface area contributed by atoms with Crippen molar-refractivity contribution >= 4 is 23.7 Å². The van der Waals surface area contributed by atoms with E-state index < -0.39 is 29.6 Å². The number of imide groups is 1. The molecule has 4 aliphatic rings. The molecule has 1 spiro atoms. The van der Waals surface area contributed by atoms with Crippen molar-refractivity contribution in [3.63, 3.8) is 0 Å². The van der Waals surface area contributed by atoms with Crippen molar-refractivity contribution in [1.29, 1.82) is 0 Å². The summed E-state index contributed by atoms with van der Waals surface area (Å²) in [6.07, 6.45) is -1.30. The highest BCUT2D eigenvalue weighted by Crippen LogP contribution is 2.44. The molecule has 25 heavy (non-hydrogen) atoms. The minimum absolute atomic E-state index is 0.0678. The molecule has 0 aliphatic carbocycles. The summed E-state index contributed by atoms with van der Waals surface area (Å²) in [5.41, 5.74) is 9.98. The molecule has 4 rings (SSSR count). The number of hydrogen-bond acceptors (Lipinski definition) is 11. The zero-order valence-electron chi connectivity index (χ0n) is 13.2. The summed E-state index contributed by atoms with van der Waals surface area (Å²) in [6, 6.07) is -1.80. The number of amides is 2. The summed E-state index contributed by atoms with van der Waals surface area (Å²) in [5.74, 6) is -3.43. The van der Waals surface area contributed by atoms with E-state index in [1.165, 1.54) is 4.90 Å². The number of rotatable bonds is 2. The van der Waals surface area contributed by atoms with Gasteiger partial charge in [-0.05, 0) is 0 Å². The van der Waals surface area contributed by atoms with Gasteiger partial charge in [0.15, 0.2) is 17.6 Å². The summed E-state index contributed by atoms with van der Waals surface area (Å²) in [6.45, 7) is -0.299. The van der Waals surface area contributed by atoms with Crippen LogP contribution in [0.1, 0.15) is 12.8 Å². The van der Waals surface area contributed by atoms with Crippen molar-refractivity contribution in [1.82, 2.24) is 15.1 Å². The van der Waals surface area contributed by atoms with E-state index in [1.807, 2.05) is 0 Å². The summed E-state index contributed by atoms with van der Waals surface area (Å²) < 4.78 is 0. The fourth-order valence-electron chi connectivity index (χ4n) is 4.08. The van der Waals surface area contributed by atoms with Crippen molar-refractivity contribution < 1.29 is 24.9 Å². The molecule has 12 nitrogen and oxygen atoms in total. The molecular weight excluding hydrogens is 334 g/mol. The smallest absolute Gasteiger partial charge is 0.237 e. The van der Waals surface area contributed by atoms with E-state index in [0.717, 1.165) is 4.90 Å². The van der Waals surface area contributed by atoms with Crippen LogP contribution in [0.3, 0.4) is 0 Å². The lowest BCUT2D eigenvalue weighted by Gasteiger charge is -2.48. The van der Waals surface area contributed by atoms with Crippen LogP contribution in [-0.4, -0.2) is 91.6 Å². The van der Waals surface area contributed by atoms with Gasteiger partial charge in [0.2, 0.25) is 17.6 Å². The summed E-state index contributed by atoms with van der Waals surface area (Å²) >= 11 is 0. The number of hydrogen-bond donors (Lipinski definition) is 6. The van der Waals surface area contributed by atoms with E-state index in [9.17, 15) is 24.9 Å². The van der Waals surface area contributed by atoms with Gasteiger partial charge in [-0.1, -0.05) is 0 Å². The lowest BCUT2D eigenvalue weighted by atomic mass is 9.85. The Bertz CT molecular complexity index is 706. The average molecular weight is 353 g/mol. The molecule has 12 heteroatoms. The van der Waals surface area contributed by atoms with Gasteiger partial charge in [0.05, 0.1) is 19.1 Å². The van der Waals surface area contributed by atoms with Gasteiger partial charge in [-0.15, -0.1) is 0 Å². The van der Waals surface area contributed by atoms with Crippen molar-refractivity contribution in [3.8, 4) is 0 Å². The third-order valence-corrected chi connectivity index (χ3v) is 5.30. The lowest BCUT2D eigenvalue weighted by molar-refractivity contribution is -0.257. The van der Waals surface area contributed by atoms with Crippen molar-refractivity contribution in [2.75, 3.05) is 13.1 Å². The van der Waals surface area contributed by atoms with Gasteiger partial charge in [-0.25, -0.2) is 9.98 Å². The number of nitrogens with one attached hydrogen (secondary N) is 1. The quantitative estimate of drug-likeness (QED) is 0.209. The van der Waals surface area contributed by atoms with Crippen LogP contribution in [0, 0.1) is 0 Å². The first kappa shape index (κ1) is 16.1. The number of aliphatic hydroxyl groups excluding tert-OH is 1. The van der Waals surface area contributed by atoms with Crippen LogP contribution in [-0.2, 0) is 9.59 Å². The van der Waals surface area contributed by atoms with Crippen molar-refractivity contribution in [2.24, 2.45) is 21.5 Å². The molecule has 0 saturated carbocycles. The Hall–Kier alpha value is -2.44. The fourth-order valence-corrected chi connectivity index (χ4v) is 4.08. The highest BCUT2D eigenvalue weighted by atomic mass is 16.5. The SMILES string of the molecule is NC1=N[C@H]2[C@H](CN3C(=O)CCC3=O)N=C(N)N3C[C@H](O)C(O)(O)[C@]23N1. The minimum atomic E-state index is -2.62. The van der Waals surface area contributed by atoms with Crippen LogP contribution >= 0.6 is 0 Å². The van der Waals surface area contributed by atoms with E-state index in [0.29, 0.717) is 0 Å². The molecular formula is C13H19N7O5. The second-order valence-corrected chi connectivity index (χ2v) is 6.66. The van der Waals surface area contributed by atoms with Crippen molar-refractivity contribution in [3.05, 3.63) is 0 Å². The maximum absolute atomic E-state index is 11.9. The number of likely N-dealkylation sites (tertiary alicyclic amines) is 1. The number of guanidine groups is 2. The molecule has 4 atom stereocenters. The van der Waals surface area contributed by atoms with E-state index in [2.05, 4.69) is 15.3 Å². The van der Waals surface area contributed by atoms with Gasteiger partial charge in [0, 0.05) is 12.8 Å². The second kappa shape index (κ2) is 4.80. The van der Waals surface area contributed by atoms with Crippen LogP contribution in [0.4, 0.5) is 0 Å². The molecule has 136 valence electrons. The minimum Gasteiger partial charge on any atom is -0.385 e. The molecule has 0 bridgehead atoms. The van der Waals surface area contributed by atoms with Crippen LogP contribution in [0.15, 0.2) is 9.98 Å². The third kappa shape index (κ3) is 1.86. The topological polar surface area (TPSA) is 190 Å². The van der Waals surface area contributed by atoms with Crippen LogP contribution in [0.5, 0.6) is 0 Å². The summed E-state index contributed by atoms with van der Waals surface area (Å²) in [4.78, 5) is 34.6. The standard InChI is InChI=1S/C13H19N7O5/c14-10-17-9-5(3-19-7(22)1-2-8(19)23)16-11(15)20-4-6(21)13(24,25)12(9,20)18-10/h5-6,9,21,24-25H,1-4H2,(H2,15,16)(H3,14,17,18)/t5-,6-,9-,12-/m0/s1. The fraction of sp³-hybridized carbons (Fsp3) is 0.692. The highest BCUT2D eigenvalue weighted by Gasteiger charge is 2.73. The molecule has 0 radical (unpaired) electrons. The largest absolute Gasteiger partial charge is 0.385 e. The zero-order valence-corrected chi connectivity index (χ0v) is 13.2. The van der Waals surface area contributed by atoms with E-state index in [1.54, 1.807) is 0 Å². The lowest BCUT2D eigenvalue weighted by Crippen LogP contribution is -2.77. The van der Waals surface area contributed by atoms with Crippen LogP contribution < -0.4 is 16.8 Å². The Morgan fingerprint density at radius 1 is 1.20 bits per heavy atom. The molecule has 4 heterocycles. The molecule has 0 aromatic rings. The van der Waals surface area contributed by atoms with Crippen LogP contribution in [0.25, 0.3) is 0 Å². The Labute approximate surface area is 141 Å². The Kier molecular flexibility index (Phi) is 3.08. The highest BCUT2D eigenvalue weighted by molar-refractivity contribution is 6.02. The van der Waals surface area contributed by atoms with E-state index in [4.69, 9.17) is 11.5 Å². The Balaban J connectivity index is 1.75. The first-order chi connectivity index (χ1) is 11.7. The average Bonchev–Trinajstić information content (AvgIpc) is 3.11. The summed E-state index contributed by atoms with van der Waals surface area (Å²) in [5, 5.41) is 33.9. The Morgan fingerprint density at radius 3 is 2.48 bits per heavy atom. The van der Waals surface area contributed by atoms with Crippen LogP contribution in [0.2, 0.25) is 0 Å². The van der Waals surface area contributed by atoms with Gasteiger partial charge in [-0.3, -0.25) is 14.5 Å². The van der Waals surface area contributed by atoms with E-state index in [-0.39, 0.29) is 49.7 Å². The second-order valence-electron chi connectivity index (χ2n) is 6.66. The van der Waals surface area contributed by atoms with Gasteiger partial charge in [-0.2, -0.15) is 0 Å². The van der Waals surface area contributed by atoms with Gasteiger partial charge in [0.1, 0.15) is 12.1 Å². The van der Waals surface area contributed by atoms with Crippen molar-refractivity contribution in [2.45, 2.75) is 42.5 Å². The first-order valence-electron chi connectivity index (χ1n) is 7.87. The maximum Gasteiger partial charge on any atom is 0.237 e. The predicted molar refractivity (Wildman–Crippen MR) is 82.5 cm³/mol. The molecule has 4 aliphatic heterocycles. The normalized spacial score (nSPS) is 39.1. The molecule has 8 N–H and O–H groups in total. The molecule has 2 saturated heterocycles. The number of aliphatic hydroxyl groups is 3.